The number of hydrogen-bond acceptors (Lipinski definition) is 6. The highest BCUT2D eigenvalue weighted by atomic mass is 32.2. The highest BCUT2D eigenvalue weighted by Gasteiger charge is 2.19. The summed E-state index contributed by atoms with van der Waals surface area (Å²) in [6, 6.07) is 7.73. The smallest absolute Gasteiger partial charge is 0.344 e. The molecule has 1 amide bonds. The molecule has 0 unspecified atom stereocenters. The van der Waals surface area contributed by atoms with E-state index in [1.165, 1.54) is 24.0 Å². The minimum atomic E-state index is -0.861. The molecule has 2 rings (SSSR count). The van der Waals surface area contributed by atoms with Crippen LogP contribution in [0.4, 0.5) is 0 Å². The van der Waals surface area contributed by atoms with Gasteiger partial charge in [0.15, 0.2) is 12.7 Å². The third-order valence-electron chi connectivity index (χ3n) is 3.23. The van der Waals surface area contributed by atoms with Gasteiger partial charge in [-0.05, 0) is 24.6 Å². The van der Waals surface area contributed by atoms with Gasteiger partial charge in [-0.15, -0.1) is 30.1 Å². The molecular formula is C17H21NO4S2. The first-order valence-corrected chi connectivity index (χ1v) is 9.74. The Balaban J connectivity index is 1.74. The summed E-state index contributed by atoms with van der Waals surface area (Å²) in [5.74, 6) is 2.02. The van der Waals surface area contributed by atoms with Crippen molar-refractivity contribution in [3.63, 3.8) is 0 Å². The molecule has 1 heterocycles. The molecule has 1 aliphatic heterocycles. The van der Waals surface area contributed by atoms with E-state index in [4.69, 9.17) is 9.47 Å². The van der Waals surface area contributed by atoms with Crippen molar-refractivity contribution in [2.75, 3.05) is 24.7 Å². The van der Waals surface area contributed by atoms with Gasteiger partial charge in [-0.25, -0.2) is 4.79 Å². The molecule has 1 saturated heterocycles. The van der Waals surface area contributed by atoms with Gasteiger partial charge < -0.3 is 14.8 Å². The Bertz CT molecular complexity index is 570. The lowest BCUT2D eigenvalue weighted by Crippen LogP contribution is -2.36. The fourth-order valence-corrected chi connectivity index (χ4v) is 4.87. The third kappa shape index (κ3) is 5.79. The quantitative estimate of drug-likeness (QED) is 0.563. The molecule has 1 aliphatic rings. The summed E-state index contributed by atoms with van der Waals surface area (Å²) < 4.78 is 10.9. The number of benzene rings is 1. The van der Waals surface area contributed by atoms with Gasteiger partial charge in [0.25, 0.3) is 5.91 Å². The Kier molecular flexibility index (Phi) is 7.52. The maximum absolute atomic E-state index is 11.7. The summed E-state index contributed by atoms with van der Waals surface area (Å²) >= 11 is 3.88. The van der Waals surface area contributed by atoms with Gasteiger partial charge in [0.2, 0.25) is 0 Å². The lowest BCUT2D eigenvalue weighted by atomic mass is 10.2. The first-order chi connectivity index (χ1) is 11.6. The van der Waals surface area contributed by atoms with E-state index in [1.807, 2.05) is 47.8 Å². The number of carbonyl (C=O) groups excluding carboxylic acids is 2. The monoisotopic (exact) mass is 367 g/mol. The van der Waals surface area contributed by atoms with E-state index < -0.39 is 12.1 Å². The Labute approximate surface area is 150 Å². The zero-order valence-corrected chi connectivity index (χ0v) is 15.2. The molecular weight excluding hydrogens is 346 g/mol. The molecule has 1 aromatic rings. The number of nitrogens with one attached hydrogen (secondary N) is 1. The van der Waals surface area contributed by atoms with Crippen LogP contribution in [0.1, 0.15) is 17.1 Å². The SMILES string of the molecule is C=CCNC(=O)[C@@H](C)OC(=O)COc1ccc(C2SCCS2)cc1. The standard InChI is InChI=1S/C17H21NO4S2/c1-3-8-18-16(20)12(2)22-15(19)11-21-14-6-4-13(5-7-14)17-23-9-10-24-17/h3-7,12,17H,1,8-11H2,2H3,(H,18,20)/t12-/m1/s1. The van der Waals surface area contributed by atoms with Crippen molar-refractivity contribution in [2.24, 2.45) is 0 Å². The summed E-state index contributed by atoms with van der Waals surface area (Å²) in [4.78, 5) is 23.3. The summed E-state index contributed by atoms with van der Waals surface area (Å²) in [7, 11) is 0. The second-order valence-electron chi connectivity index (χ2n) is 5.10. The van der Waals surface area contributed by atoms with Crippen molar-refractivity contribution in [1.82, 2.24) is 5.32 Å². The van der Waals surface area contributed by atoms with Crippen molar-refractivity contribution in [3.8, 4) is 5.75 Å². The van der Waals surface area contributed by atoms with E-state index in [2.05, 4.69) is 11.9 Å². The van der Waals surface area contributed by atoms with E-state index >= 15 is 0 Å². The predicted molar refractivity (Wildman–Crippen MR) is 98.4 cm³/mol. The lowest BCUT2D eigenvalue weighted by Gasteiger charge is -2.13. The van der Waals surface area contributed by atoms with Crippen LogP contribution in [0.3, 0.4) is 0 Å². The van der Waals surface area contributed by atoms with Gasteiger partial charge in [-0.3, -0.25) is 4.79 Å². The number of esters is 1. The Morgan fingerprint density at radius 2 is 2.00 bits per heavy atom. The molecule has 24 heavy (non-hydrogen) atoms. The average Bonchev–Trinajstić information content (AvgIpc) is 3.12. The minimum Gasteiger partial charge on any atom is -0.482 e. The van der Waals surface area contributed by atoms with Crippen LogP contribution in [0.25, 0.3) is 0 Å². The maximum atomic E-state index is 11.7. The van der Waals surface area contributed by atoms with Crippen LogP contribution in [0.5, 0.6) is 5.75 Å². The topological polar surface area (TPSA) is 64.6 Å². The first-order valence-electron chi connectivity index (χ1n) is 7.64. The molecule has 0 aliphatic carbocycles. The maximum Gasteiger partial charge on any atom is 0.344 e. The molecule has 5 nitrogen and oxygen atoms in total. The highest BCUT2D eigenvalue weighted by molar-refractivity contribution is 8.19. The van der Waals surface area contributed by atoms with Crippen molar-refractivity contribution >= 4 is 35.4 Å². The molecule has 130 valence electrons. The zero-order valence-electron chi connectivity index (χ0n) is 13.5. The number of hydrogen-bond donors (Lipinski definition) is 1. The molecule has 1 fully saturated rings. The summed E-state index contributed by atoms with van der Waals surface area (Å²) in [6.45, 7) is 5.12. The van der Waals surface area contributed by atoms with E-state index in [9.17, 15) is 9.59 Å². The minimum absolute atomic E-state index is 0.231. The van der Waals surface area contributed by atoms with Crippen molar-refractivity contribution in [3.05, 3.63) is 42.5 Å². The van der Waals surface area contributed by atoms with Crippen LogP contribution in [-0.4, -0.2) is 42.6 Å². The zero-order chi connectivity index (χ0) is 17.4. The van der Waals surface area contributed by atoms with E-state index in [0.717, 1.165) is 0 Å². The fraction of sp³-hybridized carbons (Fsp3) is 0.412. The van der Waals surface area contributed by atoms with Crippen LogP contribution >= 0.6 is 23.5 Å². The second kappa shape index (κ2) is 9.64. The average molecular weight is 367 g/mol. The lowest BCUT2D eigenvalue weighted by molar-refractivity contribution is -0.156. The Hall–Kier alpha value is -1.60. The van der Waals surface area contributed by atoms with E-state index in [-0.39, 0.29) is 12.5 Å². The second-order valence-corrected chi connectivity index (χ2v) is 7.82. The van der Waals surface area contributed by atoms with Crippen molar-refractivity contribution in [1.29, 1.82) is 0 Å². The Morgan fingerprint density at radius 1 is 1.33 bits per heavy atom. The molecule has 0 spiro atoms. The molecule has 0 saturated carbocycles. The number of rotatable bonds is 8. The van der Waals surface area contributed by atoms with Crippen molar-refractivity contribution < 1.29 is 19.1 Å². The van der Waals surface area contributed by atoms with Crippen LogP contribution in [0, 0.1) is 0 Å². The molecule has 0 radical (unpaired) electrons. The van der Waals surface area contributed by atoms with Gasteiger partial charge in [0, 0.05) is 18.1 Å². The van der Waals surface area contributed by atoms with Crippen LogP contribution < -0.4 is 10.1 Å². The number of amides is 1. The van der Waals surface area contributed by atoms with Gasteiger partial charge in [0.05, 0.1) is 4.58 Å². The largest absolute Gasteiger partial charge is 0.482 e. The molecule has 0 bridgehead atoms. The number of thioether (sulfide) groups is 2. The molecule has 0 aromatic heterocycles. The highest BCUT2D eigenvalue weighted by Crippen LogP contribution is 2.45. The normalized spacial score (nSPS) is 15.5. The van der Waals surface area contributed by atoms with Crippen LogP contribution in [0.15, 0.2) is 36.9 Å². The van der Waals surface area contributed by atoms with Gasteiger partial charge in [-0.1, -0.05) is 18.2 Å². The van der Waals surface area contributed by atoms with Gasteiger partial charge in [0.1, 0.15) is 5.75 Å². The first kappa shape index (κ1) is 18.7. The van der Waals surface area contributed by atoms with E-state index in [0.29, 0.717) is 16.9 Å². The Morgan fingerprint density at radius 3 is 2.62 bits per heavy atom. The van der Waals surface area contributed by atoms with Crippen LogP contribution in [0.2, 0.25) is 0 Å². The summed E-state index contributed by atoms with van der Waals surface area (Å²) in [5, 5.41) is 2.57. The van der Waals surface area contributed by atoms with Crippen LogP contribution in [-0.2, 0) is 14.3 Å². The van der Waals surface area contributed by atoms with Gasteiger partial charge >= 0.3 is 5.97 Å². The number of carbonyl (C=O) groups is 2. The predicted octanol–water partition coefficient (Wildman–Crippen LogP) is 2.78. The number of ether oxygens (including phenoxy) is 2. The molecule has 1 atom stereocenters. The van der Waals surface area contributed by atoms with Gasteiger partial charge in [-0.2, -0.15) is 0 Å². The van der Waals surface area contributed by atoms with Crippen molar-refractivity contribution in [2.45, 2.75) is 17.6 Å². The fourth-order valence-electron chi connectivity index (χ4n) is 2.02. The summed E-state index contributed by atoms with van der Waals surface area (Å²) in [6.07, 6.45) is 0.696. The summed E-state index contributed by atoms with van der Waals surface area (Å²) in [5.41, 5.74) is 1.25. The molecule has 1 aromatic carbocycles. The van der Waals surface area contributed by atoms with E-state index in [1.54, 1.807) is 6.08 Å². The molecule has 7 heteroatoms. The molecule has 1 N–H and O–H groups in total. The third-order valence-corrected chi connectivity index (χ3v) is 6.33.